The summed E-state index contributed by atoms with van der Waals surface area (Å²) in [6.07, 6.45) is 0.400. The van der Waals surface area contributed by atoms with Gasteiger partial charge in [0.25, 0.3) is 0 Å². The Hall–Kier alpha value is -3.35. The lowest BCUT2D eigenvalue weighted by Gasteiger charge is -2.14. The van der Waals surface area contributed by atoms with Crippen LogP contribution >= 0.6 is 0 Å². The summed E-state index contributed by atoms with van der Waals surface area (Å²) >= 11 is 0. The second-order valence-electron chi connectivity index (χ2n) is 6.04. The first kappa shape index (κ1) is 20.0. The highest BCUT2D eigenvalue weighted by molar-refractivity contribution is 5.96. The van der Waals surface area contributed by atoms with Crippen molar-refractivity contribution < 1.29 is 14.4 Å². The molecule has 0 heterocycles. The van der Waals surface area contributed by atoms with Gasteiger partial charge in [0.05, 0.1) is 6.54 Å². The fourth-order valence-electron chi connectivity index (χ4n) is 2.46. The van der Waals surface area contributed by atoms with Gasteiger partial charge in [-0.05, 0) is 42.8 Å². The van der Waals surface area contributed by atoms with E-state index in [1.54, 1.807) is 31.2 Å². The Bertz CT molecular complexity index is 849. The highest BCUT2D eigenvalue weighted by Crippen LogP contribution is 2.23. The molecule has 4 N–H and O–H groups in total. The quantitative estimate of drug-likeness (QED) is 0.602. The number of carbonyl (C=O) groups excluding carboxylic acids is 3. The molecule has 0 radical (unpaired) electrons. The third kappa shape index (κ3) is 6.14. The number of hydrogen-bond acceptors (Lipinski definition) is 4. The number of nitrogens with one attached hydrogen (secondary N) is 4. The summed E-state index contributed by atoms with van der Waals surface area (Å²) in [5.41, 5.74) is 3.55. The molecule has 2 rings (SSSR count). The van der Waals surface area contributed by atoms with E-state index in [0.717, 1.165) is 16.9 Å². The van der Waals surface area contributed by atoms with Crippen molar-refractivity contribution in [1.29, 1.82) is 0 Å². The van der Waals surface area contributed by atoms with Gasteiger partial charge in [-0.1, -0.05) is 19.1 Å². The van der Waals surface area contributed by atoms with E-state index in [1.807, 2.05) is 25.1 Å². The molecule has 0 saturated heterocycles. The molecule has 7 heteroatoms. The molecule has 142 valence electrons. The van der Waals surface area contributed by atoms with Crippen LogP contribution in [-0.2, 0) is 14.4 Å². The van der Waals surface area contributed by atoms with Crippen LogP contribution in [0.3, 0.4) is 0 Å². The number of rotatable bonds is 7. The van der Waals surface area contributed by atoms with Crippen LogP contribution in [-0.4, -0.2) is 24.3 Å². The minimum absolute atomic E-state index is 0.0629. The molecule has 0 unspecified atom stereocenters. The van der Waals surface area contributed by atoms with Gasteiger partial charge in [0.15, 0.2) is 0 Å². The highest BCUT2D eigenvalue weighted by atomic mass is 16.2. The third-order valence-corrected chi connectivity index (χ3v) is 3.84. The van der Waals surface area contributed by atoms with Crippen LogP contribution in [0.1, 0.15) is 25.8 Å². The molecule has 0 spiro atoms. The van der Waals surface area contributed by atoms with Crippen LogP contribution in [0.25, 0.3) is 0 Å². The highest BCUT2D eigenvalue weighted by Gasteiger charge is 2.08. The zero-order valence-corrected chi connectivity index (χ0v) is 15.7. The minimum Gasteiger partial charge on any atom is -0.376 e. The van der Waals surface area contributed by atoms with Crippen molar-refractivity contribution in [3.05, 3.63) is 48.0 Å². The van der Waals surface area contributed by atoms with Gasteiger partial charge in [-0.15, -0.1) is 0 Å². The van der Waals surface area contributed by atoms with Crippen LogP contribution < -0.4 is 21.3 Å². The lowest BCUT2D eigenvalue weighted by Crippen LogP contribution is -2.22. The van der Waals surface area contributed by atoms with E-state index in [2.05, 4.69) is 21.3 Å². The fourth-order valence-corrected chi connectivity index (χ4v) is 2.46. The topological polar surface area (TPSA) is 99.3 Å². The molecule has 0 saturated carbocycles. The average Bonchev–Trinajstić information content (AvgIpc) is 2.62. The summed E-state index contributed by atoms with van der Waals surface area (Å²) in [4.78, 5) is 34.9. The summed E-state index contributed by atoms with van der Waals surface area (Å²) in [5, 5.41) is 11.4. The monoisotopic (exact) mass is 368 g/mol. The van der Waals surface area contributed by atoms with Crippen molar-refractivity contribution in [2.75, 3.05) is 27.8 Å². The van der Waals surface area contributed by atoms with Crippen LogP contribution in [0.4, 0.5) is 22.7 Å². The Balaban J connectivity index is 1.97. The standard InChI is InChI=1S/C20H24N4O3/c1-4-19(26)24-18-10-6-9-17(13(18)2)21-12-20(27)23-16-8-5-7-15(11-16)22-14(3)25/h5-11,21H,4,12H2,1-3H3,(H,22,25)(H,23,27)(H,24,26). The molecular weight excluding hydrogens is 344 g/mol. The molecule has 2 aromatic carbocycles. The molecule has 27 heavy (non-hydrogen) atoms. The van der Waals surface area contributed by atoms with E-state index in [0.29, 0.717) is 17.8 Å². The predicted octanol–water partition coefficient (Wildman–Crippen LogP) is 3.35. The molecule has 0 bridgehead atoms. The second kappa shape index (κ2) is 9.38. The number of carbonyl (C=O) groups is 3. The summed E-state index contributed by atoms with van der Waals surface area (Å²) in [5.74, 6) is -0.463. The van der Waals surface area contributed by atoms with Gasteiger partial charge in [-0.2, -0.15) is 0 Å². The predicted molar refractivity (Wildman–Crippen MR) is 108 cm³/mol. The molecular formula is C20H24N4O3. The maximum Gasteiger partial charge on any atom is 0.243 e. The van der Waals surface area contributed by atoms with E-state index in [-0.39, 0.29) is 24.3 Å². The molecule has 0 aromatic heterocycles. The molecule has 0 aliphatic carbocycles. The van der Waals surface area contributed by atoms with Gasteiger partial charge in [0.2, 0.25) is 17.7 Å². The average molecular weight is 368 g/mol. The number of amides is 3. The molecule has 7 nitrogen and oxygen atoms in total. The van der Waals surface area contributed by atoms with Gasteiger partial charge in [0, 0.05) is 36.1 Å². The second-order valence-corrected chi connectivity index (χ2v) is 6.04. The van der Waals surface area contributed by atoms with E-state index in [1.165, 1.54) is 6.92 Å². The van der Waals surface area contributed by atoms with Gasteiger partial charge < -0.3 is 21.3 Å². The minimum atomic E-state index is -0.225. The normalized spacial score (nSPS) is 10.0. The van der Waals surface area contributed by atoms with Crippen molar-refractivity contribution in [2.45, 2.75) is 27.2 Å². The van der Waals surface area contributed by atoms with E-state index in [9.17, 15) is 14.4 Å². The summed E-state index contributed by atoms with van der Waals surface area (Å²) < 4.78 is 0. The van der Waals surface area contributed by atoms with Gasteiger partial charge in [-0.3, -0.25) is 14.4 Å². The van der Waals surface area contributed by atoms with Crippen molar-refractivity contribution in [3.63, 3.8) is 0 Å². The van der Waals surface area contributed by atoms with Crippen molar-refractivity contribution in [3.8, 4) is 0 Å². The first-order valence-corrected chi connectivity index (χ1v) is 8.70. The number of hydrogen-bond donors (Lipinski definition) is 4. The molecule has 0 aliphatic rings. The zero-order chi connectivity index (χ0) is 19.8. The van der Waals surface area contributed by atoms with E-state index >= 15 is 0 Å². The SMILES string of the molecule is CCC(=O)Nc1cccc(NCC(=O)Nc2cccc(NC(C)=O)c2)c1C. The number of anilines is 4. The molecule has 0 aliphatic heterocycles. The smallest absolute Gasteiger partial charge is 0.243 e. The van der Waals surface area contributed by atoms with Crippen molar-refractivity contribution >= 4 is 40.5 Å². The lowest BCUT2D eigenvalue weighted by atomic mass is 10.1. The largest absolute Gasteiger partial charge is 0.376 e. The first-order chi connectivity index (χ1) is 12.9. The lowest BCUT2D eigenvalue weighted by molar-refractivity contribution is -0.116. The van der Waals surface area contributed by atoms with Crippen molar-refractivity contribution in [2.24, 2.45) is 0 Å². The Kier molecular flexibility index (Phi) is 6.93. The van der Waals surface area contributed by atoms with Crippen LogP contribution in [0, 0.1) is 6.92 Å². The maximum atomic E-state index is 12.2. The molecule has 0 fully saturated rings. The summed E-state index contributed by atoms with van der Waals surface area (Å²) in [7, 11) is 0. The fraction of sp³-hybridized carbons (Fsp3) is 0.250. The zero-order valence-electron chi connectivity index (χ0n) is 15.7. The maximum absolute atomic E-state index is 12.2. The Morgan fingerprint density at radius 2 is 1.48 bits per heavy atom. The van der Waals surface area contributed by atoms with E-state index in [4.69, 9.17) is 0 Å². The number of benzene rings is 2. The molecule has 2 aromatic rings. The van der Waals surface area contributed by atoms with Gasteiger partial charge in [-0.25, -0.2) is 0 Å². The van der Waals surface area contributed by atoms with E-state index < -0.39 is 0 Å². The van der Waals surface area contributed by atoms with Crippen LogP contribution in [0.2, 0.25) is 0 Å². The molecule has 3 amide bonds. The third-order valence-electron chi connectivity index (χ3n) is 3.84. The Morgan fingerprint density at radius 1 is 0.852 bits per heavy atom. The molecule has 0 atom stereocenters. The van der Waals surface area contributed by atoms with Crippen LogP contribution in [0.5, 0.6) is 0 Å². The summed E-state index contributed by atoms with van der Waals surface area (Å²) in [6, 6.07) is 12.4. The Labute approximate surface area is 158 Å². The Morgan fingerprint density at radius 3 is 2.15 bits per heavy atom. The van der Waals surface area contributed by atoms with Gasteiger partial charge >= 0.3 is 0 Å². The van der Waals surface area contributed by atoms with Crippen molar-refractivity contribution in [1.82, 2.24) is 0 Å². The van der Waals surface area contributed by atoms with Gasteiger partial charge in [0.1, 0.15) is 0 Å². The van der Waals surface area contributed by atoms with Crippen LogP contribution in [0.15, 0.2) is 42.5 Å². The summed E-state index contributed by atoms with van der Waals surface area (Å²) in [6.45, 7) is 5.16. The first-order valence-electron chi connectivity index (χ1n) is 8.70.